The molecule has 0 bridgehead atoms. The van der Waals surface area contributed by atoms with Crippen LogP contribution in [0.5, 0.6) is 5.75 Å². The lowest BCUT2D eigenvalue weighted by Gasteiger charge is -2.08. The van der Waals surface area contributed by atoms with E-state index in [1.54, 1.807) is 18.4 Å². The van der Waals surface area contributed by atoms with Crippen LogP contribution in [0, 0.1) is 0 Å². The number of carbonyl (C=O) groups excluding carboxylic acids is 1. The van der Waals surface area contributed by atoms with Gasteiger partial charge in [-0.15, -0.1) is 11.3 Å². The molecule has 2 N–H and O–H groups in total. The summed E-state index contributed by atoms with van der Waals surface area (Å²) in [5.74, 6) is 0.538. The molecule has 0 spiro atoms. The summed E-state index contributed by atoms with van der Waals surface area (Å²) in [5.41, 5.74) is 3.01. The third-order valence-corrected chi connectivity index (χ3v) is 7.08. The number of anilines is 2. The molecule has 2 heterocycles. The zero-order valence-corrected chi connectivity index (χ0v) is 19.2. The number of benzene rings is 2. The Morgan fingerprint density at radius 1 is 1.10 bits per heavy atom. The topological polar surface area (TPSA) is 63.2 Å². The SMILES string of the molecule is COc1ccccc1Nc1nc(Br)c(C(=O)NCc2ccc(-c3cccs3)cc2)s1. The summed E-state index contributed by atoms with van der Waals surface area (Å²) >= 11 is 6.38. The number of hydrogen-bond donors (Lipinski definition) is 2. The number of halogens is 1. The fourth-order valence-corrected chi connectivity index (χ4v) is 5.09. The maximum Gasteiger partial charge on any atom is 0.264 e. The Morgan fingerprint density at radius 3 is 2.63 bits per heavy atom. The predicted octanol–water partition coefficient (Wildman–Crippen LogP) is 6.32. The Labute approximate surface area is 190 Å². The van der Waals surface area contributed by atoms with Crippen molar-refractivity contribution in [1.82, 2.24) is 10.3 Å². The average molecular weight is 500 g/mol. The van der Waals surface area contributed by atoms with Crippen LogP contribution in [0.2, 0.25) is 0 Å². The van der Waals surface area contributed by atoms with Gasteiger partial charge in [0, 0.05) is 11.4 Å². The predicted molar refractivity (Wildman–Crippen MR) is 127 cm³/mol. The van der Waals surface area contributed by atoms with E-state index in [0.29, 0.717) is 26.9 Å². The number of carbonyl (C=O) groups is 1. The highest BCUT2D eigenvalue weighted by molar-refractivity contribution is 9.10. The zero-order chi connectivity index (χ0) is 20.9. The third-order valence-electron chi connectivity index (χ3n) is 4.35. The van der Waals surface area contributed by atoms with Gasteiger partial charge in [0.2, 0.25) is 0 Å². The Bertz CT molecular complexity index is 1140. The first-order valence-corrected chi connectivity index (χ1v) is 11.6. The number of nitrogens with zero attached hydrogens (tertiary/aromatic N) is 1. The van der Waals surface area contributed by atoms with E-state index in [1.807, 2.05) is 42.5 Å². The second-order valence-corrected chi connectivity index (χ2v) is 9.02. The Kier molecular flexibility index (Phi) is 6.47. The van der Waals surface area contributed by atoms with Gasteiger partial charge < -0.3 is 15.4 Å². The molecule has 1 amide bonds. The maximum atomic E-state index is 12.7. The summed E-state index contributed by atoms with van der Waals surface area (Å²) in [6, 6.07) is 19.9. The highest BCUT2D eigenvalue weighted by Gasteiger charge is 2.17. The van der Waals surface area contributed by atoms with Gasteiger partial charge in [0.25, 0.3) is 5.91 Å². The van der Waals surface area contributed by atoms with Crippen molar-refractivity contribution in [2.24, 2.45) is 0 Å². The van der Waals surface area contributed by atoms with Crippen molar-refractivity contribution in [3.63, 3.8) is 0 Å². The van der Waals surface area contributed by atoms with Crippen LogP contribution in [0.3, 0.4) is 0 Å². The number of thiazole rings is 1. The largest absolute Gasteiger partial charge is 0.495 e. The second-order valence-electron chi connectivity index (χ2n) is 6.32. The van der Waals surface area contributed by atoms with Crippen molar-refractivity contribution in [2.45, 2.75) is 6.54 Å². The monoisotopic (exact) mass is 499 g/mol. The number of para-hydroxylation sites is 2. The first kappa shape index (κ1) is 20.6. The molecule has 5 nitrogen and oxygen atoms in total. The maximum absolute atomic E-state index is 12.7. The normalized spacial score (nSPS) is 10.6. The number of nitrogens with one attached hydrogen (secondary N) is 2. The number of thiophene rings is 1. The molecule has 2 aromatic heterocycles. The van der Waals surface area contributed by atoms with Gasteiger partial charge in [-0.05, 0) is 50.6 Å². The second kappa shape index (κ2) is 9.42. The van der Waals surface area contributed by atoms with Crippen molar-refractivity contribution in [1.29, 1.82) is 0 Å². The van der Waals surface area contributed by atoms with E-state index < -0.39 is 0 Å². The van der Waals surface area contributed by atoms with Gasteiger partial charge in [-0.3, -0.25) is 4.79 Å². The zero-order valence-electron chi connectivity index (χ0n) is 16.0. The molecule has 0 aliphatic heterocycles. The molecule has 30 heavy (non-hydrogen) atoms. The van der Waals surface area contributed by atoms with E-state index in [4.69, 9.17) is 4.74 Å². The number of ether oxygens (including phenoxy) is 1. The molecule has 0 aliphatic rings. The number of rotatable bonds is 7. The summed E-state index contributed by atoms with van der Waals surface area (Å²) < 4.78 is 5.86. The number of amides is 1. The van der Waals surface area contributed by atoms with Crippen molar-refractivity contribution in [2.75, 3.05) is 12.4 Å². The number of methoxy groups -OCH3 is 1. The highest BCUT2D eigenvalue weighted by atomic mass is 79.9. The van der Waals surface area contributed by atoms with Crippen LogP contribution in [0.1, 0.15) is 15.2 Å². The lowest BCUT2D eigenvalue weighted by atomic mass is 10.1. The number of hydrogen-bond acceptors (Lipinski definition) is 6. The van der Waals surface area contributed by atoms with Crippen LogP contribution in [-0.2, 0) is 6.54 Å². The van der Waals surface area contributed by atoms with Gasteiger partial charge in [-0.2, -0.15) is 0 Å². The van der Waals surface area contributed by atoms with Crippen molar-refractivity contribution < 1.29 is 9.53 Å². The minimum absolute atomic E-state index is 0.171. The molecule has 0 saturated carbocycles. The molecule has 0 fully saturated rings. The van der Waals surface area contributed by atoms with Gasteiger partial charge in [-0.25, -0.2) is 4.98 Å². The molecular weight excluding hydrogens is 482 g/mol. The van der Waals surface area contributed by atoms with Crippen molar-refractivity contribution >= 4 is 55.3 Å². The lowest BCUT2D eigenvalue weighted by molar-refractivity contribution is 0.0954. The van der Waals surface area contributed by atoms with Crippen LogP contribution >= 0.6 is 38.6 Å². The summed E-state index contributed by atoms with van der Waals surface area (Å²) in [7, 11) is 1.62. The van der Waals surface area contributed by atoms with Crippen molar-refractivity contribution in [3.05, 3.63) is 81.1 Å². The van der Waals surface area contributed by atoms with E-state index in [2.05, 4.69) is 55.1 Å². The number of aromatic nitrogens is 1. The highest BCUT2D eigenvalue weighted by Crippen LogP contribution is 2.33. The molecule has 0 radical (unpaired) electrons. The van der Waals surface area contributed by atoms with Gasteiger partial charge in [-0.1, -0.05) is 53.8 Å². The summed E-state index contributed by atoms with van der Waals surface area (Å²) in [6.07, 6.45) is 0. The lowest BCUT2D eigenvalue weighted by Crippen LogP contribution is -2.22. The van der Waals surface area contributed by atoms with Crippen LogP contribution in [0.25, 0.3) is 10.4 Å². The van der Waals surface area contributed by atoms with E-state index in [-0.39, 0.29) is 5.91 Å². The van der Waals surface area contributed by atoms with Gasteiger partial charge in [0.15, 0.2) is 5.13 Å². The fraction of sp³-hybridized carbons (Fsp3) is 0.0909. The van der Waals surface area contributed by atoms with E-state index >= 15 is 0 Å². The Morgan fingerprint density at radius 2 is 1.90 bits per heavy atom. The van der Waals surface area contributed by atoms with Crippen LogP contribution in [0.4, 0.5) is 10.8 Å². The quantitative estimate of drug-likeness (QED) is 0.312. The Hall–Kier alpha value is -2.68. The van der Waals surface area contributed by atoms with Gasteiger partial charge >= 0.3 is 0 Å². The van der Waals surface area contributed by atoms with E-state index in [1.165, 1.54) is 21.8 Å². The van der Waals surface area contributed by atoms with E-state index in [0.717, 1.165) is 11.3 Å². The summed E-state index contributed by atoms with van der Waals surface area (Å²) in [6.45, 7) is 0.448. The average Bonchev–Trinajstić information content (AvgIpc) is 3.43. The molecule has 8 heteroatoms. The van der Waals surface area contributed by atoms with Crippen LogP contribution < -0.4 is 15.4 Å². The summed E-state index contributed by atoms with van der Waals surface area (Å²) in [5, 5.41) is 8.84. The molecule has 4 aromatic rings. The first-order valence-electron chi connectivity index (χ1n) is 9.11. The van der Waals surface area contributed by atoms with Crippen LogP contribution in [-0.4, -0.2) is 18.0 Å². The van der Waals surface area contributed by atoms with Gasteiger partial charge in [0.1, 0.15) is 15.2 Å². The molecular formula is C22H18BrN3O2S2. The minimum Gasteiger partial charge on any atom is -0.495 e. The van der Waals surface area contributed by atoms with Crippen LogP contribution in [0.15, 0.2) is 70.6 Å². The molecule has 0 aliphatic carbocycles. The smallest absolute Gasteiger partial charge is 0.264 e. The molecule has 0 unspecified atom stereocenters. The molecule has 0 atom stereocenters. The molecule has 4 rings (SSSR count). The fourth-order valence-electron chi connectivity index (χ4n) is 2.85. The Balaban J connectivity index is 1.40. The van der Waals surface area contributed by atoms with Crippen molar-refractivity contribution in [3.8, 4) is 16.2 Å². The molecule has 0 saturated heterocycles. The first-order chi connectivity index (χ1) is 14.6. The molecule has 152 valence electrons. The third kappa shape index (κ3) is 4.72. The minimum atomic E-state index is -0.171. The summed E-state index contributed by atoms with van der Waals surface area (Å²) in [4.78, 5) is 18.8. The van der Waals surface area contributed by atoms with Gasteiger partial charge in [0.05, 0.1) is 12.8 Å². The van der Waals surface area contributed by atoms with E-state index in [9.17, 15) is 4.79 Å². The standard InChI is InChI=1S/C22H18BrN3O2S2/c1-28-17-6-3-2-5-16(17)25-22-26-20(23)19(30-22)21(27)24-13-14-8-10-15(11-9-14)18-7-4-12-29-18/h2-12H,13H2,1H3,(H,24,27)(H,25,26). The molecule has 2 aromatic carbocycles.